The van der Waals surface area contributed by atoms with Gasteiger partial charge in [0, 0.05) is 25.6 Å². The highest BCUT2D eigenvalue weighted by atomic mass is 16.4. The molecule has 1 aliphatic carbocycles. The first-order valence-corrected chi connectivity index (χ1v) is 5.21. The van der Waals surface area contributed by atoms with E-state index in [1.165, 1.54) is 25.9 Å². The summed E-state index contributed by atoms with van der Waals surface area (Å²) in [7, 11) is 0. The van der Waals surface area contributed by atoms with Gasteiger partial charge in [-0.15, -0.1) is 0 Å². The van der Waals surface area contributed by atoms with Crippen LogP contribution in [0.25, 0.3) is 0 Å². The highest BCUT2D eigenvalue weighted by Crippen LogP contribution is 2.34. The Morgan fingerprint density at radius 2 is 2.08 bits per heavy atom. The number of carbonyl (C=O) groups is 1. The maximum absolute atomic E-state index is 10.3. The molecular formula is C10H17NO2. The lowest BCUT2D eigenvalue weighted by Crippen LogP contribution is -2.47. The average molecular weight is 183 g/mol. The quantitative estimate of drug-likeness (QED) is 0.699. The lowest BCUT2D eigenvalue weighted by atomic mass is 9.94. The van der Waals surface area contributed by atoms with Gasteiger partial charge in [0.2, 0.25) is 0 Å². The van der Waals surface area contributed by atoms with Crippen molar-refractivity contribution in [2.45, 2.75) is 38.1 Å². The molecule has 1 aliphatic heterocycles. The molecule has 1 heterocycles. The van der Waals surface area contributed by atoms with E-state index in [2.05, 4.69) is 4.90 Å². The minimum absolute atomic E-state index is 0.347. The molecule has 0 bridgehead atoms. The van der Waals surface area contributed by atoms with Crippen molar-refractivity contribution in [1.29, 1.82) is 0 Å². The molecule has 1 N–H and O–H groups in total. The number of aliphatic carboxylic acids is 1. The summed E-state index contributed by atoms with van der Waals surface area (Å²) in [5, 5.41) is 8.46. The third-order valence-electron chi connectivity index (χ3n) is 3.05. The van der Waals surface area contributed by atoms with Crippen LogP contribution in [-0.4, -0.2) is 35.1 Å². The Hall–Kier alpha value is -0.570. The topological polar surface area (TPSA) is 40.5 Å². The molecule has 0 atom stereocenters. The lowest BCUT2D eigenvalue weighted by Gasteiger charge is -2.39. The molecule has 2 aliphatic rings. The second-order valence-corrected chi connectivity index (χ2v) is 4.34. The zero-order valence-corrected chi connectivity index (χ0v) is 7.91. The number of carboxylic acids is 1. The molecule has 13 heavy (non-hydrogen) atoms. The van der Waals surface area contributed by atoms with E-state index in [-0.39, 0.29) is 0 Å². The van der Waals surface area contributed by atoms with Crippen molar-refractivity contribution in [3.63, 3.8) is 0 Å². The fraction of sp³-hybridized carbons (Fsp3) is 0.900. The Labute approximate surface area is 78.7 Å². The van der Waals surface area contributed by atoms with Crippen LogP contribution >= 0.6 is 0 Å². The van der Waals surface area contributed by atoms with Crippen molar-refractivity contribution in [2.75, 3.05) is 13.1 Å². The van der Waals surface area contributed by atoms with Gasteiger partial charge in [-0.1, -0.05) is 0 Å². The summed E-state index contributed by atoms with van der Waals surface area (Å²) in [6.45, 7) is 2.45. The highest BCUT2D eigenvalue weighted by molar-refractivity contribution is 5.66. The Morgan fingerprint density at radius 3 is 2.62 bits per heavy atom. The zero-order valence-electron chi connectivity index (χ0n) is 7.91. The SMILES string of the molecule is O=C(O)CCCC1CN(C2CC2)C1. The van der Waals surface area contributed by atoms with Gasteiger partial charge in [0.25, 0.3) is 0 Å². The summed E-state index contributed by atoms with van der Waals surface area (Å²) in [6.07, 6.45) is 5.09. The molecule has 1 saturated carbocycles. The smallest absolute Gasteiger partial charge is 0.303 e. The number of rotatable bonds is 5. The van der Waals surface area contributed by atoms with Crippen molar-refractivity contribution < 1.29 is 9.90 Å². The molecule has 0 aromatic heterocycles. The van der Waals surface area contributed by atoms with Crippen LogP contribution in [0.3, 0.4) is 0 Å². The Kier molecular flexibility index (Phi) is 2.54. The summed E-state index contributed by atoms with van der Waals surface area (Å²) < 4.78 is 0. The molecule has 3 nitrogen and oxygen atoms in total. The summed E-state index contributed by atoms with van der Waals surface area (Å²) in [5.41, 5.74) is 0. The third kappa shape index (κ3) is 2.44. The van der Waals surface area contributed by atoms with Crippen molar-refractivity contribution >= 4 is 5.97 Å². The van der Waals surface area contributed by atoms with Crippen LogP contribution in [0.4, 0.5) is 0 Å². The van der Waals surface area contributed by atoms with Crippen LogP contribution < -0.4 is 0 Å². The van der Waals surface area contributed by atoms with Crippen LogP contribution in [0.2, 0.25) is 0 Å². The van der Waals surface area contributed by atoms with Crippen LogP contribution in [0, 0.1) is 5.92 Å². The van der Waals surface area contributed by atoms with Gasteiger partial charge >= 0.3 is 5.97 Å². The van der Waals surface area contributed by atoms with Gasteiger partial charge in [-0.2, -0.15) is 0 Å². The van der Waals surface area contributed by atoms with Crippen LogP contribution in [0.5, 0.6) is 0 Å². The maximum atomic E-state index is 10.3. The van der Waals surface area contributed by atoms with Gasteiger partial charge in [-0.25, -0.2) is 0 Å². The standard InChI is InChI=1S/C10H17NO2/c12-10(13)3-1-2-8-6-11(7-8)9-4-5-9/h8-9H,1-7H2,(H,12,13). The molecule has 2 rings (SSSR count). The van der Waals surface area contributed by atoms with Crippen molar-refractivity contribution in [2.24, 2.45) is 5.92 Å². The Bertz CT molecular complexity index is 195. The summed E-state index contributed by atoms with van der Waals surface area (Å²) in [5.74, 6) is 0.137. The number of hydrogen-bond acceptors (Lipinski definition) is 2. The predicted octanol–water partition coefficient (Wildman–Crippen LogP) is 1.34. The van der Waals surface area contributed by atoms with Crippen LogP contribution in [-0.2, 0) is 4.79 Å². The molecule has 3 heteroatoms. The van der Waals surface area contributed by atoms with Crippen molar-refractivity contribution in [1.82, 2.24) is 4.90 Å². The predicted molar refractivity (Wildman–Crippen MR) is 49.6 cm³/mol. The molecule has 0 aromatic carbocycles. The normalized spacial score (nSPS) is 24.3. The Balaban J connectivity index is 1.51. The van der Waals surface area contributed by atoms with E-state index in [4.69, 9.17) is 5.11 Å². The summed E-state index contributed by atoms with van der Waals surface area (Å²) >= 11 is 0. The molecule has 0 unspecified atom stereocenters. The molecule has 0 radical (unpaired) electrons. The molecule has 2 fully saturated rings. The Morgan fingerprint density at radius 1 is 1.38 bits per heavy atom. The highest BCUT2D eigenvalue weighted by Gasteiger charge is 2.37. The minimum Gasteiger partial charge on any atom is -0.481 e. The number of hydrogen-bond donors (Lipinski definition) is 1. The average Bonchev–Trinajstić information content (AvgIpc) is 2.75. The van der Waals surface area contributed by atoms with Gasteiger partial charge in [0.1, 0.15) is 0 Å². The third-order valence-corrected chi connectivity index (χ3v) is 3.05. The molecule has 1 saturated heterocycles. The molecule has 0 spiro atoms. The van der Waals surface area contributed by atoms with E-state index in [1.807, 2.05) is 0 Å². The van der Waals surface area contributed by atoms with Crippen LogP contribution in [0.1, 0.15) is 32.1 Å². The molecular weight excluding hydrogens is 166 g/mol. The fourth-order valence-corrected chi connectivity index (χ4v) is 2.07. The first-order valence-electron chi connectivity index (χ1n) is 5.21. The zero-order chi connectivity index (χ0) is 9.26. The van der Waals surface area contributed by atoms with E-state index >= 15 is 0 Å². The van der Waals surface area contributed by atoms with E-state index in [0.29, 0.717) is 6.42 Å². The van der Waals surface area contributed by atoms with E-state index in [9.17, 15) is 4.79 Å². The maximum Gasteiger partial charge on any atom is 0.303 e. The molecule has 74 valence electrons. The number of likely N-dealkylation sites (tertiary alicyclic amines) is 1. The van der Waals surface area contributed by atoms with Gasteiger partial charge in [0.05, 0.1) is 0 Å². The van der Waals surface area contributed by atoms with Gasteiger partial charge in [-0.3, -0.25) is 9.69 Å². The van der Waals surface area contributed by atoms with Gasteiger partial charge < -0.3 is 5.11 Å². The van der Waals surface area contributed by atoms with Crippen molar-refractivity contribution in [3.05, 3.63) is 0 Å². The summed E-state index contributed by atoms with van der Waals surface area (Å²) in [6, 6.07) is 0.899. The monoisotopic (exact) mass is 183 g/mol. The number of nitrogens with zero attached hydrogens (tertiary/aromatic N) is 1. The largest absolute Gasteiger partial charge is 0.481 e. The summed E-state index contributed by atoms with van der Waals surface area (Å²) in [4.78, 5) is 12.8. The minimum atomic E-state index is -0.654. The van der Waals surface area contributed by atoms with Gasteiger partial charge in [0.15, 0.2) is 0 Å². The second-order valence-electron chi connectivity index (χ2n) is 4.34. The second kappa shape index (κ2) is 3.66. The first kappa shape index (κ1) is 9.00. The van der Waals surface area contributed by atoms with E-state index in [1.54, 1.807) is 0 Å². The van der Waals surface area contributed by atoms with E-state index < -0.39 is 5.97 Å². The number of carboxylic acid groups (broad SMARTS) is 1. The van der Waals surface area contributed by atoms with Gasteiger partial charge in [-0.05, 0) is 31.6 Å². The van der Waals surface area contributed by atoms with E-state index in [0.717, 1.165) is 24.8 Å². The fourth-order valence-electron chi connectivity index (χ4n) is 2.07. The van der Waals surface area contributed by atoms with Crippen molar-refractivity contribution in [3.8, 4) is 0 Å². The molecule has 0 aromatic rings. The van der Waals surface area contributed by atoms with Crippen LogP contribution in [0.15, 0.2) is 0 Å². The lowest BCUT2D eigenvalue weighted by molar-refractivity contribution is -0.137. The first-order chi connectivity index (χ1) is 6.25. The molecule has 0 amide bonds.